The number of hydrogen-bond acceptors (Lipinski definition) is 0. The summed E-state index contributed by atoms with van der Waals surface area (Å²) in [6.07, 6.45) is 5.36. The fraction of sp³-hybridized carbons (Fsp3) is 0.273. The van der Waals surface area contributed by atoms with Gasteiger partial charge in [-0.1, -0.05) is 18.1 Å². The van der Waals surface area contributed by atoms with Crippen molar-refractivity contribution in [3.63, 3.8) is 0 Å². The van der Waals surface area contributed by atoms with Crippen molar-refractivity contribution in [3.05, 3.63) is 34.1 Å². The Labute approximate surface area is 86.3 Å². The van der Waals surface area contributed by atoms with E-state index in [0.717, 1.165) is 5.56 Å². The Morgan fingerprint density at radius 1 is 1.46 bits per heavy atom. The van der Waals surface area contributed by atoms with Gasteiger partial charge in [0.25, 0.3) is 0 Å². The predicted octanol–water partition coefficient (Wildman–Crippen LogP) is 3.50. The second-order valence-electron chi connectivity index (χ2n) is 3.37. The fourth-order valence-electron chi connectivity index (χ4n) is 1.06. The summed E-state index contributed by atoms with van der Waals surface area (Å²) >= 11 is 3.19. The highest BCUT2D eigenvalue weighted by atomic mass is 79.9. The van der Waals surface area contributed by atoms with E-state index in [1.807, 2.05) is 19.9 Å². The van der Waals surface area contributed by atoms with Gasteiger partial charge in [-0.2, -0.15) is 0 Å². The Bertz CT molecular complexity index is 361. The van der Waals surface area contributed by atoms with Crippen molar-refractivity contribution in [1.82, 2.24) is 0 Å². The highest BCUT2D eigenvalue weighted by Gasteiger charge is 2.21. The maximum atomic E-state index is 13.1. The van der Waals surface area contributed by atoms with Gasteiger partial charge in [0, 0.05) is 0 Å². The van der Waals surface area contributed by atoms with Gasteiger partial charge in [0.15, 0.2) is 0 Å². The quantitative estimate of drug-likeness (QED) is 0.660. The van der Waals surface area contributed by atoms with Gasteiger partial charge >= 0.3 is 0 Å². The molecule has 0 atom stereocenters. The molecule has 0 aliphatic carbocycles. The molecule has 0 N–H and O–H groups in total. The molecule has 13 heavy (non-hydrogen) atoms. The van der Waals surface area contributed by atoms with E-state index in [2.05, 4.69) is 21.9 Å². The van der Waals surface area contributed by atoms with E-state index in [1.165, 1.54) is 6.07 Å². The third-order valence-electron chi connectivity index (χ3n) is 1.99. The van der Waals surface area contributed by atoms with Gasteiger partial charge in [0.1, 0.15) is 5.82 Å². The molecule has 0 saturated heterocycles. The van der Waals surface area contributed by atoms with Crippen molar-refractivity contribution >= 4 is 15.9 Å². The summed E-state index contributed by atoms with van der Waals surface area (Å²) in [4.78, 5) is 0. The van der Waals surface area contributed by atoms with Crippen LogP contribution >= 0.6 is 15.9 Å². The molecule has 0 saturated carbocycles. The predicted molar refractivity (Wildman–Crippen MR) is 56.0 cm³/mol. The molecule has 1 aromatic carbocycles. The van der Waals surface area contributed by atoms with Crippen LogP contribution in [-0.2, 0) is 5.41 Å². The molecule has 0 spiro atoms. The minimum Gasteiger partial charge on any atom is -0.206 e. The highest BCUT2D eigenvalue weighted by Crippen LogP contribution is 2.30. The van der Waals surface area contributed by atoms with Crippen LogP contribution in [0.3, 0.4) is 0 Å². The standard InChI is InChI=1S/C11H10BrF/c1-4-11(2,3)8-6-5-7-9(13)10(8)12/h1,5-7H,2-3H3. The number of terminal acetylenes is 1. The summed E-state index contributed by atoms with van der Waals surface area (Å²) in [7, 11) is 0. The van der Waals surface area contributed by atoms with E-state index in [0.29, 0.717) is 4.47 Å². The molecule has 68 valence electrons. The minimum absolute atomic E-state index is 0.277. The molecule has 2 heteroatoms. The molecule has 0 nitrogen and oxygen atoms in total. The van der Waals surface area contributed by atoms with E-state index < -0.39 is 5.41 Å². The van der Waals surface area contributed by atoms with Crippen LogP contribution in [-0.4, -0.2) is 0 Å². The van der Waals surface area contributed by atoms with Gasteiger partial charge in [-0.05, 0) is 41.4 Å². The first-order chi connectivity index (χ1) is 5.99. The molecule has 0 bridgehead atoms. The second-order valence-corrected chi connectivity index (χ2v) is 4.16. The van der Waals surface area contributed by atoms with Crippen molar-refractivity contribution in [1.29, 1.82) is 0 Å². The van der Waals surface area contributed by atoms with Gasteiger partial charge < -0.3 is 0 Å². The van der Waals surface area contributed by atoms with Crippen LogP contribution in [0.1, 0.15) is 19.4 Å². The number of benzene rings is 1. The first kappa shape index (κ1) is 10.3. The maximum Gasteiger partial charge on any atom is 0.137 e. The smallest absolute Gasteiger partial charge is 0.137 e. The summed E-state index contributed by atoms with van der Waals surface area (Å²) in [6.45, 7) is 3.76. The van der Waals surface area contributed by atoms with Crippen molar-refractivity contribution < 1.29 is 4.39 Å². The zero-order valence-electron chi connectivity index (χ0n) is 7.57. The summed E-state index contributed by atoms with van der Waals surface area (Å²) in [5.41, 5.74) is 0.357. The zero-order valence-corrected chi connectivity index (χ0v) is 9.15. The first-order valence-corrected chi connectivity index (χ1v) is 4.70. The van der Waals surface area contributed by atoms with E-state index in [-0.39, 0.29) is 5.82 Å². The molecule has 1 aromatic rings. The van der Waals surface area contributed by atoms with Crippen LogP contribution < -0.4 is 0 Å². The number of halogens is 2. The van der Waals surface area contributed by atoms with Gasteiger partial charge in [-0.15, -0.1) is 6.42 Å². The lowest BCUT2D eigenvalue weighted by atomic mass is 9.86. The lowest BCUT2D eigenvalue weighted by molar-refractivity contribution is 0.605. The van der Waals surface area contributed by atoms with E-state index in [1.54, 1.807) is 6.07 Å². The number of hydrogen-bond donors (Lipinski definition) is 0. The molecule has 0 radical (unpaired) electrons. The van der Waals surface area contributed by atoms with Crippen LogP contribution in [0.15, 0.2) is 22.7 Å². The third-order valence-corrected chi connectivity index (χ3v) is 2.79. The van der Waals surface area contributed by atoms with Gasteiger partial charge in [-0.3, -0.25) is 0 Å². The summed E-state index contributed by atoms with van der Waals surface area (Å²) in [5, 5.41) is 0. The molecule has 0 aromatic heterocycles. The highest BCUT2D eigenvalue weighted by molar-refractivity contribution is 9.10. The lowest BCUT2D eigenvalue weighted by Crippen LogP contribution is -2.15. The number of rotatable bonds is 1. The molecule has 0 heterocycles. The van der Waals surface area contributed by atoms with E-state index in [9.17, 15) is 4.39 Å². The Morgan fingerprint density at radius 2 is 2.08 bits per heavy atom. The SMILES string of the molecule is C#CC(C)(C)c1cccc(F)c1Br. The average Bonchev–Trinajstić information content (AvgIpc) is 2.09. The van der Waals surface area contributed by atoms with Gasteiger partial charge in [-0.25, -0.2) is 4.39 Å². The molecular formula is C11H10BrF. The van der Waals surface area contributed by atoms with Crippen LogP contribution in [0.5, 0.6) is 0 Å². The third kappa shape index (κ3) is 1.92. The van der Waals surface area contributed by atoms with Crippen LogP contribution in [0.2, 0.25) is 0 Å². The molecule has 0 unspecified atom stereocenters. The largest absolute Gasteiger partial charge is 0.206 e. The molecule has 1 rings (SSSR count). The monoisotopic (exact) mass is 240 g/mol. The maximum absolute atomic E-state index is 13.1. The Morgan fingerprint density at radius 3 is 2.62 bits per heavy atom. The molecule has 0 fully saturated rings. The molecule has 0 aliphatic rings. The summed E-state index contributed by atoms with van der Waals surface area (Å²) in [5.74, 6) is 2.35. The Hall–Kier alpha value is -0.810. The molecular weight excluding hydrogens is 231 g/mol. The average molecular weight is 241 g/mol. The molecule has 0 amide bonds. The van der Waals surface area contributed by atoms with E-state index in [4.69, 9.17) is 6.42 Å². The van der Waals surface area contributed by atoms with Crippen molar-refractivity contribution in [2.75, 3.05) is 0 Å². The van der Waals surface area contributed by atoms with Crippen LogP contribution in [0.4, 0.5) is 4.39 Å². The normalized spacial score (nSPS) is 11.0. The minimum atomic E-state index is -0.444. The van der Waals surface area contributed by atoms with Crippen molar-refractivity contribution in [2.45, 2.75) is 19.3 Å². The zero-order chi connectivity index (χ0) is 10.1. The van der Waals surface area contributed by atoms with Crippen LogP contribution in [0.25, 0.3) is 0 Å². The Kier molecular flexibility index (Phi) is 2.77. The van der Waals surface area contributed by atoms with Gasteiger partial charge in [0.05, 0.1) is 9.89 Å². The van der Waals surface area contributed by atoms with Crippen molar-refractivity contribution in [2.24, 2.45) is 0 Å². The van der Waals surface area contributed by atoms with Crippen LogP contribution in [0, 0.1) is 18.2 Å². The molecule has 0 aliphatic heterocycles. The second kappa shape index (κ2) is 3.51. The first-order valence-electron chi connectivity index (χ1n) is 3.91. The summed E-state index contributed by atoms with van der Waals surface area (Å²) in [6, 6.07) is 4.89. The Balaban J connectivity index is 3.33. The summed E-state index contributed by atoms with van der Waals surface area (Å²) < 4.78 is 13.6. The lowest BCUT2D eigenvalue weighted by Gasteiger charge is -2.19. The van der Waals surface area contributed by atoms with E-state index >= 15 is 0 Å². The van der Waals surface area contributed by atoms with Crippen molar-refractivity contribution in [3.8, 4) is 12.3 Å². The fourth-order valence-corrected chi connectivity index (χ4v) is 1.82. The van der Waals surface area contributed by atoms with Gasteiger partial charge in [0.2, 0.25) is 0 Å². The topological polar surface area (TPSA) is 0 Å².